The van der Waals surface area contributed by atoms with E-state index in [1.807, 2.05) is 12.1 Å². The van der Waals surface area contributed by atoms with E-state index in [1.165, 1.54) is 4.90 Å². The molecule has 0 aliphatic carbocycles. The van der Waals surface area contributed by atoms with Gasteiger partial charge in [0.1, 0.15) is 6.04 Å². The molecule has 116 valence electrons. The van der Waals surface area contributed by atoms with Gasteiger partial charge in [-0.05, 0) is 25.5 Å². The number of para-hydroxylation sites is 1. The zero-order valence-corrected chi connectivity index (χ0v) is 13.5. The van der Waals surface area contributed by atoms with E-state index in [9.17, 15) is 9.59 Å². The van der Waals surface area contributed by atoms with E-state index < -0.39 is 12.1 Å². The highest BCUT2D eigenvalue weighted by atomic mass is 35.5. The molecule has 2 rings (SSSR count). The van der Waals surface area contributed by atoms with Crippen LogP contribution in [0, 0.1) is 0 Å². The molecule has 1 aromatic rings. The van der Waals surface area contributed by atoms with Crippen LogP contribution in [0.25, 0.3) is 0 Å². The fourth-order valence-electron chi connectivity index (χ4n) is 2.41. The Morgan fingerprint density at radius 2 is 2.10 bits per heavy atom. The van der Waals surface area contributed by atoms with Crippen LogP contribution >= 0.6 is 24.0 Å². The Kier molecular flexibility index (Phi) is 6.01. The lowest BCUT2D eigenvalue weighted by Crippen LogP contribution is -2.48. The third-order valence-corrected chi connectivity index (χ3v) is 3.84. The summed E-state index contributed by atoms with van der Waals surface area (Å²) in [6.45, 7) is 2.16. The molecule has 0 radical (unpaired) electrons. The van der Waals surface area contributed by atoms with E-state index in [0.29, 0.717) is 23.7 Å². The van der Waals surface area contributed by atoms with Gasteiger partial charge in [0.25, 0.3) is 0 Å². The predicted molar refractivity (Wildman–Crippen MR) is 85.9 cm³/mol. The van der Waals surface area contributed by atoms with Gasteiger partial charge < -0.3 is 15.5 Å². The molecule has 2 amide bonds. The number of hydrogen-bond acceptors (Lipinski definition) is 3. The molecule has 2 N–H and O–H groups in total. The van der Waals surface area contributed by atoms with Gasteiger partial charge in [0, 0.05) is 13.6 Å². The van der Waals surface area contributed by atoms with Gasteiger partial charge in [-0.2, -0.15) is 0 Å². The van der Waals surface area contributed by atoms with Gasteiger partial charge in [-0.25, -0.2) is 0 Å². The van der Waals surface area contributed by atoms with Crippen molar-refractivity contribution in [1.29, 1.82) is 0 Å². The minimum atomic E-state index is -0.609. The number of anilines is 1. The van der Waals surface area contributed by atoms with E-state index in [4.69, 9.17) is 17.3 Å². The monoisotopic (exact) mass is 331 g/mol. The average molecular weight is 332 g/mol. The molecule has 1 heterocycles. The topological polar surface area (TPSA) is 66.6 Å². The summed E-state index contributed by atoms with van der Waals surface area (Å²) in [6.07, 6.45) is 0.582. The molecule has 0 saturated carbocycles. The smallest absolute Gasteiger partial charge is 0.249 e. The number of halogens is 2. The van der Waals surface area contributed by atoms with Crippen LogP contribution in [-0.2, 0) is 9.59 Å². The number of rotatable bonds is 3. The fourth-order valence-corrected chi connectivity index (χ4v) is 2.65. The van der Waals surface area contributed by atoms with Gasteiger partial charge in [0.15, 0.2) is 0 Å². The predicted octanol–water partition coefficient (Wildman–Crippen LogP) is 1.67. The normalized spacial score (nSPS) is 19.1. The summed E-state index contributed by atoms with van der Waals surface area (Å²) in [7, 11) is 1.62. The van der Waals surface area contributed by atoms with Gasteiger partial charge in [-0.15, -0.1) is 12.4 Å². The van der Waals surface area contributed by atoms with Crippen LogP contribution < -0.4 is 10.6 Å². The molecule has 0 spiro atoms. The third kappa shape index (κ3) is 3.48. The van der Waals surface area contributed by atoms with Crippen LogP contribution in [0.15, 0.2) is 24.3 Å². The van der Waals surface area contributed by atoms with Crippen molar-refractivity contribution in [3.8, 4) is 0 Å². The molecule has 21 heavy (non-hydrogen) atoms. The summed E-state index contributed by atoms with van der Waals surface area (Å²) in [5, 5.41) is 0.530. The number of nitrogens with zero attached hydrogens (tertiary/aromatic N) is 2. The second kappa shape index (κ2) is 7.11. The van der Waals surface area contributed by atoms with Crippen molar-refractivity contribution in [3.05, 3.63) is 29.3 Å². The van der Waals surface area contributed by atoms with Gasteiger partial charge in [-0.1, -0.05) is 23.7 Å². The van der Waals surface area contributed by atoms with Crippen LogP contribution in [0.5, 0.6) is 0 Å². The van der Waals surface area contributed by atoms with Gasteiger partial charge >= 0.3 is 0 Å². The van der Waals surface area contributed by atoms with Crippen molar-refractivity contribution in [2.75, 3.05) is 18.5 Å². The second-order valence-electron chi connectivity index (χ2n) is 4.98. The number of carbonyl (C=O) groups excluding carboxylic acids is 2. The number of carbonyl (C=O) groups is 2. The van der Waals surface area contributed by atoms with Crippen LogP contribution in [0.2, 0.25) is 5.02 Å². The number of benzene rings is 1. The van der Waals surface area contributed by atoms with E-state index in [0.717, 1.165) is 0 Å². The molecule has 1 unspecified atom stereocenters. The number of nitrogens with two attached hydrogens (primary N) is 1. The maximum Gasteiger partial charge on any atom is 0.249 e. The largest absolute Gasteiger partial charge is 0.332 e. The van der Waals surface area contributed by atoms with Crippen LogP contribution in [-0.4, -0.2) is 42.4 Å². The molecule has 5 nitrogen and oxygen atoms in total. The lowest BCUT2D eigenvalue weighted by Gasteiger charge is -2.25. The fraction of sp³-hybridized carbons (Fsp3) is 0.429. The number of amides is 2. The molecule has 2 atom stereocenters. The Labute approximate surface area is 135 Å². The summed E-state index contributed by atoms with van der Waals surface area (Å²) in [5.41, 5.74) is 6.27. The van der Waals surface area contributed by atoms with Crippen molar-refractivity contribution in [1.82, 2.24) is 4.90 Å². The molecule has 1 aromatic carbocycles. The molecule has 1 fully saturated rings. The van der Waals surface area contributed by atoms with E-state index in [-0.39, 0.29) is 24.2 Å². The van der Waals surface area contributed by atoms with Crippen molar-refractivity contribution >= 4 is 41.5 Å². The van der Waals surface area contributed by atoms with E-state index >= 15 is 0 Å². The average Bonchev–Trinajstić information content (AvgIpc) is 2.79. The molecule has 7 heteroatoms. The Balaban J connectivity index is 0.00000220. The highest BCUT2D eigenvalue weighted by Crippen LogP contribution is 2.30. The molecule has 1 aliphatic rings. The molecule has 1 saturated heterocycles. The maximum absolute atomic E-state index is 12.5. The highest BCUT2D eigenvalue weighted by Gasteiger charge is 2.38. The molecular formula is C14H19Cl2N3O2. The molecule has 0 bridgehead atoms. The number of hydrogen-bond donors (Lipinski definition) is 1. The Hall–Kier alpha value is -1.30. The first kappa shape index (κ1) is 17.8. The third-order valence-electron chi connectivity index (χ3n) is 3.53. The molecule has 0 aromatic heterocycles. The van der Waals surface area contributed by atoms with Crippen LogP contribution in [0.1, 0.15) is 13.3 Å². The zero-order chi connectivity index (χ0) is 14.9. The highest BCUT2D eigenvalue weighted by molar-refractivity contribution is 6.34. The molecular weight excluding hydrogens is 313 g/mol. The summed E-state index contributed by atoms with van der Waals surface area (Å²) in [6, 6.07) is 6.12. The van der Waals surface area contributed by atoms with Crippen molar-refractivity contribution in [2.45, 2.75) is 25.4 Å². The van der Waals surface area contributed by atoms with Gasteiger partial charge in [-0.3, -0.25) is 9.59 Å². The zero-order valence-electron chi connectivity index (χ0n) is 12.0. The van der Waals surface area contributed by atoms with Crippen molar-refractivity contribution < 1.29 is 9.59 Å². The summed E-state index contributed by atoms with van der Waals surface area (Å²) < 4.78 is 0. The van der Waals surface area contributed by atoms with Crippen molar-refractivity contribution in [2.24, 2.45) is 5.73 Å². The number of likely N-dealkylation sites (N-methyl/N-ethyl adjacent to an activating group) is 1. The van der Waals surface area contributed by atoms with Crippen LogP contribution in [0.3, 0.4) is 0 Å². The summed E-state index contributed by atoms with van der Waals surface area (Å²) in [5.74, 6) is -0.348. The van der Waals surface area contributed by atoms with Crippen LogP contribution in [0.4, 0.5) is 5.69 Å². The standard InChI is InChI=1S/C14H18ClN3O2.ClH/c1-9(16)13(19)17(2)12-7-8-18(14(12)20)11-6-4-3-5-10(11)15;/h3-6,9,12H,7-8,16H2,1-2H3;1H/t9-,12?;/m0./s1. The summed E-state index contributed by atoms with van der Waals surface area (Å²) in [4.78, 5) is 27.4. The first-order valence-corrected chi connectivity index (χ1v) is 6.89. The summed E-state index contributed by atoms with van der Waals surface area (Å²) >= 11 is 6.12. The quantitative estimate of drug-likeness (QED) is 0.916. The Morgan fingerprint density at radius 3 is 2.67 bits per heavy atom. The Bertz CT molecular complexity index is 537. The maximum atomic E-state index is 12.5. The van der Waals surface area contributed by atoms with Gasteiger partial charge in [0.05, 0.1) is 16.8 Å². The lowest BCUT2D eigenvalue weighted by atomic mass is 10.2. The first-order valence-electron chi connectivity index (χ1n) is 6.51. The minimum absolute atomic E-state index is 0. The van der Waals surface area contributed by atoms with E-state index in [2.05, 4.69) is 0 Å². The van der Waals surface area contributed by atoms with Gasteiger partial charge in [0.2, 0.25) is 11.8 Å². The van der Waals surface area contributed by atoms with Crippen molar-refractivity contribution in [3.63, 3.8) is 0 Å². The SMILES string of the molecule is C[C@H](N)C(=O)N(C)C1CCN(c2ccccc2Cl)C1=O.Cl. The second-order valence-corrected chi connectivity index (χ2v) is 5.39. The lowest BCUT2D eigenvalue weighted by molar-refractivity contribution is -0.137. The first-order chi connectivity index (χ1) is 9.43. The Morgan fingerprint density at radius 1 is 1.48 bits per heavy atom. The molecule has 1 aliphatic heterocycles. The van der Waals surface area contributed by atoms with E-state index in [1.54, 1.807) is 31.0 Å². The minimum Gasteiger partial charge on any atom is -0.332 e.